The van der Waals surface area contributed by atoms with E-state index >= 15 is 0 Å². The number of nitrogens with zero attached hydrogens (tertiary/aromatic N) is 6. The molecule has 1 atom stereocenters. The van der Waals surface area contributed by atoms with Crippen LogP contribution in [-0.4, -0.2) is 80.8 Å². The summed E-state index contributed by atoms with van der Waals surface area (Å²) in [6, 6.07) is 7.83. The van der Waals surface area contributed by atoms with Crippen molar-refractivity contribution in [2.24, 2.45) is 10.9 Å². The molecule has 2 amide bonds. The number of aromatic nitrogens is 4. The predicted molar refractivity (Wildman–Crippen MR) is 145 cm³/mol. The van der Waals surface area contributed by atoms with Gasteiger partial charge in [-0.15, -0.1) is 0 Å². The summed E-state index contributed by atoms with van der Waals surface area (Å²) in [4.78, 5) is 56.4. The summed E-state index contributed by atoms with van der Waals surface area (Å²) in [6.07, 6.45) is 4.28. The number of nitrogens with one attached hydrogen (secondary N) is 3. The molecule has 4 N–H and O–H groups in total. The second-order valence-electron chi connectivity index (χ2n) is 9.62. The van der Waals surface area contributed by atoms with Crippen LogP contribution >= 0.6 is 0 Å². The van der Waals surface area contributed by atoms with Crippen LogP contribution in [0.2, 0.25) is 0 Å². The lowest BCUT2D eigenvalue weighted by Crippen LogP contribution is -2.48. The van der Waals surface area contributed by atoms with Crippen molar-refractivity contribution in [3.8, 4) is 0 Å². The summed E-state index contributed by atoms with van der Waals surface area (Å²) in [5, 5.41) is 18.1. The van der Waals surface area contributed by atoms with Crippen molar-refractivity contribution in [3.63, 3.8) is 0 Å². The number of carbonyl (C=O) groups excluding carboxylic acids is 2. The number of hydrogen-bond donors (Lipinski definition) is 4. The van der Waals surface area contributed by atoms with Crippen LogP contribution in [0.15, 0.2) is 48.0 Å². The number of fused-ring (bicyclic) bond motifs is 1. The molecule has 0 aliphatic carbocycles. The standard InChI is InChI=1S/C26H31N9O5/c36-23(33-25-27-9-4-10-28-25)18-7-11-34(12-8-18)21-20-22(30-15-29-21)35(16-31-20)13-19(24(37)38)32-26(39)40-14-17-5-2-1-3-6-17/h1-3,5-6,15-16,18-19H,4,7-14H2,(H,32,39)(H,37,38)(H2,27,28,33,36). The van der Waals surface area contributed by atoms with Crippen LogP contribution in [-0.2, 0) is 27.5 Å². The van der Waals surface area contributed by atoms with E-state index in [1.165, 1.54) is 12.7 Å². The quantitative estimate of drug-likeness (QED) is 0.316. The zero-order valence-electron chi connectivity index (χ0n) is 21.8. The highest BCUT2D eigenvalue weighted by atomic mass is 16.5. The minimum Gasteiger partial charge on any atom is -0.480 e. The number of carbonyl (C=O) groups is 3. The summed E-state index contributed by atoms with van der Waals surface area (Å²) in [7, 11) is 0. The molecule has 1 saturated heterocycles. The lowest BCUT2D eigenvalue weighted by molar-refractivity contribution is -0.139. The number of carboxylic acids is 1. The molecule has 14 nitrogen and oxygen atoms in total. The first-order chi connectivity index (χ1) is 19.5. The molecule has 2 aliphatic heterocycles. The first-order valence-corrected chi connectivity index (χ1v) is 13.2. The number of aliphatic carboxylic acids is 1. The van der Waals surface area contributed by atoms with Gasteiger partial charge >= 0.3 is 12.1 Å². The number of imidazole rings is 1. The van der Waals surface area contributed by atoms with Gasteiger partial charge in [0.1, 0.15) is 19.0 Å². The predicted octanol–water partition coefficient (Wildman–Crippen LogP) is 0.888. The number of benzene rings is 1. The minimum absolute atomic E-state index is 0.0214. The fourth-order valence-corrected chi connectivity index (χ4v) is 4.71. The number of rotatable bonds is 8. The zero-order chi connectivity index (χ0) is 27.9. The van der Waals surface area contributed by atoms with Gasteiger partial charge in [0.25, 0.3) is 0 Å². The Balaban J connectivity index is 1.20. The summed E-state index contributed by atoms with van der Waals surface area (Å²) in [5.41, 5.74) is 1.74. The number of ether oxygens (including phenoxy) is 1. The van der Waals surface area contributed by atoms with Gasteiger partial charge in [-0.25, -0.2) is 24.5 Å². The lowest BCUT2D eigenvalue weighted by Gasteiger charge is -2.32. The van der Waals surface area contributed by atoms with E-state index in [1.807, 2.05) is 18.2 Å². The maximum absolute atomic E-state index is 12.7. The molecular formula is C26H31N9O5. The molecule has 1 fully saturated rings. The molecule has 2 aliphatic rings. The fourth-order valence-electron chi connectivity index (χ4n) is 4.71. The van der Waals surface area contributed by atoms with E-state index in [2.05, 4.69) is 40.8 Å². The van der Waals surface area contributed by atoms with E-state index < -0.39 is 18.1 Å². The summed E-state index contributed by atoms with van der Waals surface area (Å²) < 4.78 is 6.74. The van der Waals surface area contributed by atoms with Crippen LogP contribution in [0.25, 0.3) is 11.2 Å². The first-order valence-electron chi connectivity index (χ1n) is 13.2. The van der Waals surface area contributed by atoms with Crippen LogP contribution in [0.5, 0.6) is 0 Å². The van der Waals surface area contributed by atoms with Gasteiger partial charge in [0.05, 0.1) is 12.9 Å². The molecule has 5 rings (SSSR count). The Hall–Kier alpha value is -4.75. The van der Waals surface area contributed by atoms with E-state index in [0.717, 1.165) is 18.5 Å². The van der Waals surface area contributed by atoms with Crippen LogP contribution < -0.4 is 20.9 Å². The second-order valence-corrected chi connectivity index (χ2v) is 9.62. The number of aliphatic imine (C=N–C) groups is 1. The van der Waals surface area contributed by atoms with Crippen LogP contribution in [0.1, 0.15) is 24.8 Å². The van der Waals surface area contributed by atoms with Crippen molar-refractivity contribution in [2.45, 2.75) is 38.5 Å². The Morgan fingerprint density at radius 2 is 1.93 bits per heavy atom. The van der Waals surface area contributed by atoms with Gasteiger partial charge in [-0.3, -0.25) is 15.1 Å². The molecular weight excluding hydrogens is 518 g/mol. The lowest BCUT2D eigenvalue weighted by atomic mass is 9.96. The van der Waals surface area contributed by atoms with E-state index in [-0.39, 0.29) is 25.0 Å². The van der Waals surface area contributed by atoms with Crippen molar-refractivity contribution >= 4 is 40.9 Å². The maximum atomic E-state index is 12.7. The second kappa shape index (κ2) is 12.4. The SMILES string of the molecule is O=C(NC(Cn1cnc2c(N3CCC(C(=O)NC4=NCCCN4)CC3)ncnc21)C(=O)O)OCc1ccccc1. The van der Waals surface area contributed by atoms with E-state index in [0.29, 0.717) is 55.4 Å². The van der Waals surface area contributed by atoms with Gasteiger partial charge < -0.3 is 29.9 Å². The number of alkyl carbamates (subject to hydrolysis) is 1. The highest BCUT2D eigenvalue weighted by Gasteiger charge is 2.29. The van der Waals surface area contributed by atoms with Gasteiger partial charge in [0.15, 0.2) is 22.9 Å². The number of piperidine rings is 1. The smallest absolute Gasteiger partial charge is 0.408 e. The Morgan fingerprint density at radius 1 is 1.12 bits per heavy atom. The van der Waals surface area contributed by atoms with Crippen molar-refractivity contribution in [2.75, 3.05) is 31.1 Å². The highest BCUT2D eigenvalue weighted by Crippen LogP contribution is 2.27. The fraction of sp³-hybridized carbons (Fsp3) is 0.423. The Kier molecular flexibility index (Phi) is 8.32. The largest absolute Gasteiger partial charge is 0.480 e. The molecule has 3 aromatic rings. The molecule has 1 aromatic carbocycles. The van der Waals surface area contributed by atoms with Gasteiger partial charge in [0, 0.05) is 32.1 Å². The molecule has 14 heteroatoms. The molecule has 2 aromatic heterocycles. The average molecular weight is 550 g/mol. The van der Waals surface area contributed by atoms with E-state index in [9.17, 15) is 19.5 Å². The monoisotopic (exact) mass is 549 g/mol. The number of amides is 2. The van der Waals surface area contributed by atoms with E-state index in [1.54, 1.807) is 16.7 Å². The number of carboxylic acid groups (broad SMARTS) is 1. The molecule has 1 unspecified atom stereocenters. The number of anilines is 1. The Labute approximate surface area is 229 Å². The van der Waals surface area contributed by atoms with E-state index in [4.69, 9.17) is 4.74 Å². The van der Waals surface area contributed by atoms with Crippen molar-refractivity contribution in [1.82, 2.24) is 35.5 Å². The topological polar surface area (TPSA) is 176 Å². The first kappa shape index (κ1) is 26.8. The normalized spacial score (nSPS) is 16.5. The Bertz CT molecular complexity index is 1390. The average Bonchev–Trinajstić information content (AvgIpc) is 3.40. The van der Waals surface area contributed by atoms with Gasteiger partial charge in [-0.05, 0) is 24.8 Å². The van der Waals surface area contributed by atoms with Gasteiger partial charge in [-0.2, -0.15) is 0 Å². The summed E-state index contributed by atoms with van der Waals surface area (Å²) >= 11 is 0. The van der Waals surface area contributed by atoms with Gasteiger partial charge in [-0.1, -0.05) is 30.3 Å². The van der Waals surface area contributed by atoms with Crippen molar-refractivity contribution in [1.29, 1.82) is 0 Å². The zero-order valence-corrected chi connectivity index (χ0v) is 21.8. The third kappa shape index (κ3) is 6.45. The maximum Gasteiger partial charge on any atom is 0.408 e. The molecule has 4 heterocycles. The van der Waals surface area contributed by atoms with Crippen molar-refractivity contribution in [3.05, 3.63) is 48.5 Å². The summed E-state index contributed by atoms with van der Waals surface area (Å²) in [6.45, 7) is 2.62. The number of guanidine groups is 1. The molecule has 0 spiro atoms. The highest BCUT2D eigenvalue weighted by molar-refractivity contribution is 5.98. The van der Waals surface area contributed by atoms with Crippen LogP contribution in [0.3, 0.4) is 0 Å². The van der Waals surface area contributed by atoms with Crippen molar-refractivity contribution < 1.29 is 24.2 Å². The Morgan fingerprint density at radius 3 is 2.65 bits per heavy atom. The van der Waals surface area contributed by atoms with Gasteiger partial charge in [0.2, 0.25) is 5.91 Å². The molecule has 210 valence electrons. The minimum atomic E-state index is -1.27. The van der Waals surface area contributed by atoms with Crippen LogP contribution in [0.4, 0.5) is 10.6 Å². The molecule has 40 heavy (non-hydrogen) atoms. The van der Waals surface area contributed by atoms with Crippen LogP contribution in [0, 0.1) is 5.92 Å². The molecule has 0 radical (unpaired) electrons. The third-order valence-corrected chi connectivity index (χ3v) is 6.87. The number of hydrogen-bond acceptors (Lipinski definition) is 10. The molecule has 0 bridgehead atoms. The molecule has 0 saturated carbocycles. The third-order valence-electron chi connectivity index (χ3n) is 6.87. The summed E-state index contributed by atoms with van der Waals surface area (Å²) in [5.74, 6) is -0.244.